The van der Waals surface area contributed by atoms with Crippen LogP contribution in [0.4, 0.5) is 5.69 Å². The lowest BCUT2D eigenvalue weighted by atomic mass is 10.0. The van der Waals surface area contributed by atoms with Crippen LogP contribution in [0.25, 0.3) is 0 Å². The van der Waals surface area contributed by atoms with E-state index in [-0.39, 0.29) is 24.7 Å². The quantitative estimate of drug-likeness (QED) is 0.353. The molecule has 3 aromatic carbocycles. The number of ether oxygens (including phenoxy) is 1. The Hall–Kier alpha value is -3.81. The van der Waals surface area contributed by atoms with Crippen molar-refractivity contribution in [1.82, 2.24) is 5.32 Å². The van der Waals surface area contributed by atoms with Crippen molar-refractivity contribution in [3.63, 3.8) is 0 Å². The Morgan fingerprint density at radius 2 is 1.37 bits per heavy atom. The van der Waals surface area contributed by atoms with Gasteiger partial charge in [-0.1, -0.05) is 78.9 Å². The number of rotatable bonds is 13. The van der Waals surface area contributed by atoms with Gasteiger partial charge in [0, 0.05) is 5.69 Å². The van der Waals surface area contributed by atoms with Gasteiger partial charge < -0.3 is 21.1 Å². The molecule has 0 aliphatic carbocycles. The summed E-state index contributed by atoms with van der Waals surface area (Å²) in [5, 5.41) is 5.44. The first-order valence-corrected chi connectivity index (χ1v) is 11.6. The second-order valence-corrected chi connectivity index (χ2v) is 8.25. The van der Waals surface area contributed by atoms with E-state index in [1.54, 1.807) is 24.3 Å². The third-order valence-electron chi connectivity index (χ3n) is 5.43. The van der Waals surface area contributed by atoms with E-state index in [0.29, 0.717) is 25.1 Å². The zero-order chi connectivity index (χ0) is 24.9. The van der Waals surface area contributed by atoms with Crippen molar-refractivity contribution in [2.75, 3.05) is 11.9 Å². The number of nitrogens with one attached hydrogen (secondary N) is 2. The largest absolute Gasteiger partial charge is 0.369 e. The average Bonchev–Trinajstić information content (AvgIpc) is 2.88. The Morgan fingerprint density at radius 3 is 2.00 bits per heavy atom. The average molecular weight is 474 g/mol. The number of benzene rings is 3. The van der Waals surface area contributed by atoms with E-state index in [1.807, 2.05) is 66.7 Å². The van der Waals surface area contributed by atoms with Crippen molar-refractivity contribution in [2.24, 2.45) is 5.73 Å². The molecule has 3 aromatic rings. The van der Waals surface area contributed by atoms with E-state index in [9.17, 15) is 14.4 Å². The molecule has 2 unspecified atom stereocenters. The van der Waals surface area contributed by atoms with Crippen LogP contribution in [0.5, 0.6) is 0 Å². The first kappa shape index (κ1) is 25.8. The van der Waals surface area contributed by atoms with E-state index in [2.05, 4.69) is 10.6 Å². The molecule has 182 valence electrons. The highest BCUT2D eigenvalue weighted by Crippen LogP contribution is 2.09. The molecular formula is C28H31N3O4. The summed E-state index contributed by atoms with van der Waals surface area (Å²) in [6.45, 7) is 0.156. The molecule has 0 bridgehead atoms. The van der Waals surface area contributed by atoms with E-state index in [0.717, 1.165) is 11.1 Å². The highest BCUT2D eigenvalue weighted by Gasteiger charge is 2.25. The molecular weight excluding hydrogens is 442 g/mol. The van der Waals surface area contributed by atoms with Gasteiger partial charge in [-0.05, 0) is 36.1 Å². The van der Waals surface area contributed by atoms with Gasteiger partial charge in [-0.25, -0.2) is 0 Å². The molecule has 4 N–H and O–H groups in total. The van der Waals surface area contributed by atoms with Gasteiger partial charge in [0.15, 0.2) is 5.78 Å². The minimum absolute atomic E-state index is 0.141. The minimum Gasteiger partial charge on any atom is -0.369 e. The second kappa shape index (κ2) is 13.8. The fourth-order valence-corrected chi connectivity index (χ4v) is 3.52. The Labute approximate surface area is 205 Å². The molecule has 7 heteroatoms. The number of nitrogens with two attached hydrogens (primary N) is 1. The SMILES string of the molecule is NC(CC(=O)Nc1ccccc1)C(=O)NC(CCc1ccccc1)C(=O)COCc1ccccc1. The maximum atomic E-state index is 12.9. The molecule has 0 saturated heterocycles. The molecule has 0 spiro atoms. The van der Waals surface area contributed by atoms with Gasteiger partial charge in [0.25, 0.3) is 0 Å². The maximum absolute atomic E-state index is 12.9. The van der Waals surface area contributed by atoms with Crippen molar-refractivity contribution >= 4 is 23.3 Å². The van der Waals surface area contributed by atoms with Gasteiger partial charge in [-0.15, -0.1) is 0 Å². The predicted octanol–water partition coefficient (Wildman–Crippen LogP) is 3.25. The number of para-hydroxylation sites is 1. The first-order valence-electron chi connectivity index (χ1n) is 11.6. The van der Waals surface area contributed by atoms with Gasteiger partial charge >= 0.3 is 0 Å². The highest BCUT2D eigenvalue weighted by atomic mass is 16.5. The Kier molecular flexibility index (Phi) is 10.2. The van der Waals surface area contributed by atoms with Crippen molar-refractivity contribution < 1.29 is 19.1 Å². The maximum Gasteiger partial charge on any atom is 0.238 e. The van der Waals surface area contributed by atoms with Crippen LogP contribution < -0.4 is 16.4 Å². The third kappa shape index (κ3) is 9.16. The summed E-state index contributed by atoms with van der Waals surface area (Å²) in [6.07, 6.45) is 0.789. The molecule has 0 saturated carbocycles. The lowest BCUT2D eigenvalue weighted by Gasteiger charge is -2.20. The molecule has 0 fully saturated rings. The number of amides is 2. The summed E-state index contributed by atoms with van der Waals surface area (Å²) in [5.74, 6) is -1.17. The van der Waals surface area contributed by atoms with Crippen LogP contribution in [0.1, 0.15) is 24.0 Å². The van der Waals surface area contributed by atoms with Crippen molar-refractivity contribution in [2.45, 2.75) is 38.0 Å². The van der Waals surface area contributed by atoms with E-state index >= 15 is 0 Å². The van der Waals surface area contributed by atoms with Crippen LogP contribution >= 0.6 is 0 Å². The lowest BCUT2D eigenvalue weighted by molar-refractivity contribution is -0.132. The number of carbonyl (C=O) groups excluding carboxylic acids is 3. The molecule has 2 amide bonds. The summed E-state index contributed by atoms with van der Waals surface area (Å²) in [5.41, 5.74) is 8.62. The summed E-state index contributed by atoms with van der Waals surface area (Å²) in [4.78, 5) is 37.9. The fourth-order valence-electron chi connectivity index (χ4n) is 3.52. The lowest BCUT2D eigenvalue weighted by Crippen LogP contribution is -2.50. The molecule has 0 aliphatic rings. The second-order valence-electron chi connectivity index (χ2n) is 8.25. The normalized spacial score (nSPS) is 12.4. The van der Waals surface area contributed by atoms with Gasteiger partial charge in [0.2, 0.25) is 11.8 Å². The molecule has 0 radical (unpaired) electrons. The number of hydrogen-bond donors (Lipinski definition) is 3. The van der Waals surface area contributed by atoms with Gasteiger partial charge in [0.1, 0.15) is 6.61 Å². The van der Waals surface area contributed by atoms with Crippen LogP contribution in [0, 0.1) is 0 Å². The number of ketones is 1. The smallest absolute Gasteiger partial charge is 0.238 e. The number of Topliss-reactive ketones (excluding diaryl/α,β-unsaturated/α-hetero) is 1. The molecule has 2 atom stereocenters. The molecule has 3 rings (SSSR count). The van der Waals surface area contributed by atoms with Crippen LogP contribution in [-0.2, 0) is 32.1 Å². The zero-order valence-electron chi connectivity index (χ0n) is 19.6. The van der Waals surface area contributed by atoms with E-state index in [4.69, 9.17) is 10.5 Å². The summed E-state index contributed by atoms with van der Waals surface area (Å²) in [6, 6.07) is 26.3. The van der Waals surface area contributed by atoms with Crippen LogP contribution in [0.3, 0.4) is 0 Å². The Bertz CT molecular complexity index is 1080. The third-order valence-corrected chi connectivity index (χ3v) is 5.43. The number of carbonyl (C=O) groups is 3. The minimum atomic E-state index is -1.09. The first-order chi connectivity index (χ1) is 17.0. The summed E-state index contributed by atoms with van der Waals surface area (Å²) >= 11 is 0. The van der Waals surface area contributed by atoms with Gasteiger partial charge in [-0.2, -0.15) is 0 Å². The van der Waals surface area contributed by atoms with Crippen LogP contribution in [0.2, 0.25) is 0 Å². The van der Waals surface area contributed by atoms with E-state index < -0.39 is 18.0 Å². The number of aryl methyl sites for hydroxylation is 1. The highest BCUT2D eigenvalue weighted by molar-refractivity contribution is 5.97. The molecule has 0 aromatic heterocycles. The number of hydrogen-bond acceptors (Lipinski definition) is 5. The molecule has 7 nitrogen and oxygen atoms in total. The van der Waals surface area contributed by atoms with Crippen LogP contribution in [0.15, 0.2) is 91.0 Å². The van der Waals surface area contributed by atoms with Crippen molar-refractivity contribution in [3.8, 4) is 0 Å². The zero-order valence-corrected chi connectivity index (χ0v) is 19.6. The Balaban J connectivity index is 1.55. The van der Waals surface area contributed by atoms with Crippen molar-refractivity contribution in [1.29, 1.82) is 0 Å². The van der Waals surface area contributed by atoms with Gasteiger partial charge in [-0.3, -0.25) is 14.4 Å². The Morgan fingerprint density at radius 1 is 0.800 bits per heavy atom. The topological polar surface area (TPSA) is 111 Å². The molecule has 0 aliphatic heterocycles. The van der Waals surface area contributed by atoms with Crippen molar-refractivity contribution in [3.05, 3.63) is 102 Å². The number of anilines is 1. The monoisotopic (exact) mass is 473 g/mol. The predicted molar refractivity (Wildman–Crippen MR) is 135 cm³/mol. The summed E-state index contributed by atoms with van der Waals surface area (Å²) < 4.78 is 5.59. The molecule has 0 heterocycles. The fraction of sp³-hybridized carbons (Fsp3) is 0.250. The molecule has 35 heavy (non-hydrogen) atoms. The van der Waals surface area contributed by atoms with Crippen LogP contribution in [-0.4, -0.2) is 36.3 Å². The van der Waals surface area contributed by atoms with E-state index in [1.165, 1.54) is 0 Å². The van der Waals surface area contributed by atoms with Gasteiger partial charge in [0.05, 0.1) is 25.1 Å². The summed E-state index contributed by atoms with van der Waals surface area (Å²) in [7, 11) is 0. The standard InChI is InChI=1S/C28H31N3O4/c29-24(18-27(33)30-23-14-8-3-9-15-23)28(34)31-25(17-16-21-10-4-1-5-11-21)26(32)20-35-19-22-12-6-2-7-13-22/h1-15,24-25H,16-20,29H2,(H,30,33)(H,31,34).